The Kier molecular flexibility index (Phi) is 6.61. The highest BCUT2D eigenvalue weighted by Crippen LogP contribution is 2.34. The molecule has 0 fully saturated rings. The Labute approximate surface area is 143 Å². The average molecular weight is 334 g/mol. The predicted octanol–water partition coefficient (Wildman–Crippen LogP) is 2.12. The molecule has 0 aliphatic carbocycles. The summed E-state index contributed by atoms with van der Waals surface area (Å²) in [5.41, 5.74) is 0.644. The number of carbonyl (C=O) groups is 2. The van der Waals surface area contributed by atoms with Gasteiger partial charge >= 0.3 is 0 Å². The molecule has 0 unspecified atom stereocenters. The third kappa shape index (κ3) is 4.71. The SMILES string of the molecule is CC[C@@H]1Oc2ccccc2N(CC(=O)NCCCOC(C)C)C1=O. The molecule has 2 amide bonds. The van der Waals surface area contributed by atoms with E-state index in [2.05, 4.69) is 5.32 Å². The van der Waals surface area contributed by atoms with Crippen molar-refractivity contribution in [2.24, 2.45) is 0 Å². The topological polar surface area (TPSA) is 67.9 Å². The standard InChI is InChI=1S/C18H26N2O4/c1-4-15-18(22)20(14-8-5-6-9-16(14)24-15)12-17(21)19-10-7-11-23-13(2)3/h5-6,8-9,13,15H,4,7,10-12H2,1-3H3,(H,19,21)/t15-/m0/s1. The number of ether oxygens (including phenoxy) is 2. The monoisotopic (exact) mass is 334 g/mol. The van der Waals surface area contributed by atoms with Crippen molar-refractivity contribution in [1.29, 1.82) is 0 Å². The van der Waals surface area contributed by atoms with Gasteiger partial charge in [0.2, 0.25) is 5.91 Å². The van der Waals surface area contributed by atoms with Crippen LogP contribution in [0.15, 0.2) is 24.3 Å². The summed E-state index contributed by atoms with van der Waals surface area (Å²) in [4.78, 5) is 26.2. The fourth-order valence-electron chi connectivity index (χ4n) is 2.52. The number of anilines is 1. The summed E-state index contributed by atoms with van der Waals surface area (Å²) in [5, 5.41) is 2.83. The van der Waals surface area contributed by atoms with E-state index in [-0.39, 0.29) is 24.5 Å². The number of nitrogens with one attached hydrogen (secondary N) is 1. The second kappa shape index (κ2) is 8.68. The van der Waals surface area contributed by atoms with Gasteiger partial charge in [-0.2, -0.15) is 0 Å². The van der Waals surface area contributed by atoms with Gasteiger partial charge in [-0.05, 0) is 38.8 Å². The van der Waals surface area contributed by atoms with Crippen LogP contribution in [0.3, 0.4) is 0 Å². The molecule has 2 rings (SSSR count). The average Bonchev–Trinajstić information content (AvgIpc) is 2.56. The Morgan fingerprint density at radius 3 is 2.83 bits per heavy atom. The second-order valence-corrected chi connectivity index (χ2v) is 6.03. The molecule has 0 saturated heterocycles. The number of hydrogen-bond acceptors (Lipinski definition) is 4. The maximum absolute atomic E-state index is 12.5. The number of hydrogen-bond donors (Lipinski definition) is 1. The largest absolute Gasteiger partial charge is 0.478 e. The molecular formula is C18H26N2O4. The highest BCUT2D eigenvalue weighted by molar-refractivity contribution is 6.03. The van der Waals surface area contributed by atoms with Gasteiger partial charge in [-0.1, -0.05) is 19.1 Å². The van der Waals surface area contributed by atoms with Crippen LogP contribution in [0.5, 0.6) is 5.75 Å². The van der Waals surface area contributed by atoms with Crippen LogP contribution in [0.25, 0.3) is 0 Å². The summed E-state index contributed by atoms with van der Waals surface area (Å²) in [5.74, 6) is 0.288. The van der Waals surface area contributed by atoms with Crippen LogP contribution in [-0.2, 0) is 14.3 Å². The van der Waals surface area contributed by atoms with Crippen molar-refractivity contribution in [2.75, 3.05) is 24.6 Å². The van der Waals surface area contributed by atoms with Crippen LogP contribution in [0.4, 0.5) is 5.69 Å². The molecule has 1 heterocycles. The molecule has 1 aromatic carbocycles. The zero-order valence-corrected chi connectivity index (χ0v) is 14.6. The Hall–Kier alpha value is -2.08. The Morgan fingerprint density at radius 1 is 1.38 bits per heavy atom. The van der Waals surface area contributed by atoms with Crippen molar-refractivity contribution in [3.05, 3.63) is 24.3 Å². The van der Waals surface area contributed by atoms with Gasteiger partial charge in [0.25, 0.3) is 5.91 Å². The van der Waals surface area contributed by atoms with E-state index in [1.165, 1.54) is 4.90 Å². The molecule has 24 heavy (non-hydrogen) atoms. The summed E-state index contributed by atoms with van der Waals surface area (Å²) in [7, 11) is 0. The molecule has 1 aromatic rings. The van der Waals surface area contributed by atoms with Gasteiger partial charge in [0.1, 0.15) is 12.3 Å². The Bertz CT molecular complexity index is 574. The summed E-state index contributed by atoms with van der Waals surface area (Å²) in [6.45, 7) is 6.98. The summed E-state index contributed by atoms with van der Waals surface area (Å²) in [6, 6.07) is 7.30. The molecule has 0 bridgehead atoms. The molecular weight excluding hydrogens is 308 g/mol. The van der Waals surface area contributed by atoms with Crippen LogP contribution in [-0.4, -0.2) is 43.7 Å². The molecule has 0 saturated carbocycles. The molecule has 1 atom stereocenters. The normalized spacial score (nSPS) is 16.8. The summed E-state index contributed by atoms with van der Waals surface area (Å²) >= 11 is 0. The number of rotatable bonds is 8. The lowest BCUT2D eigenvalue weighted by Crippen LogP contribution is -2.49. The molecule has 1 N–H and O–H groups in total. The van der Waals surface area contributed by atoms with Crippen molar-refractivity contribution in [3.63, 3.8) is 0 Å². The molecule has 132 valence electrons. The lowest BCUT2D eigenvalue weighted by molar-refractivity contribution is -0.129. The lowest BCUT2D eigenvalue weighted by atomic mass is 10.1. The minimum atomic E-state index is -0.535. The second-order valence-electron chi connectivity index (χ2n) is 6.03. The maximum atomic E-state index is 12.5. The van der Waals surface area contributed by atoms with Crippen molar-refractivity contribution in [3.8, 4) is 5.75 Å². The Balaban J connectivity index is 1.92. The van der Waals surface area contributed by atoms with E-state index >= 15 is 0 Å². The van der Waals surface area contributed by atoms with Crippen LogP contribution in [0.1, 0.15) is 33.6 Å². The first-order valence-corrected chi connectivity index (χ1v) is 8.48. The Morgan fingerprint density at radius 2 is 2.12 bits per heavy atom. The quantitative estimate of drug-likeness (QED) is 0.740. The van der Waals surface area contributed by atoms with Gasteiger partial charge in [0.05, 0.1) is 11.8 Å². The summed E-state index contributed by atoms with van der Waals surface area (Å²) < 4.78 is 11.1. The number of carbonyl (C=O) groups excluding carboxylic acids is 2. The van der Waals surface area contributed by atoms with Gasteiger partial charge in [-0.15, -0.1) is 0 Å². The van der Waals surface area contributed by atoms with E-state index in [1.807, 2.05) is 39.0 Å². The van der Waals surface area contributed by atoms with Gasteiger partial charge in [-0.3, -0.25) is 14.5 Å². The first-order valence-electron chi connectivity index (χ1n) is 8.48. The number of nitrogens with zero attached hydrogens (tertiary/aromatic N) is 1. The number of amides is 2. The van der Waals surface area contributed by atoms with Crippen molar-refractivity contribution in [1.82, 2.24) is 5.32 Å². The smallest absolute Gasteiger partial charge is 0.268 e. The van der Waals surface area contributed by atoms with Gasteiger partial charge in [0, 0.05) is 13.2 Å². The molecule has 0 radical (unpaired) electrons. The number of benzene rings is 1. The third-order valence-electron chi connectivity index (χ3n) is 3.73. The van der Waals surface area contributed by atoms with Crippen molar-refractivity contribution >= 4 is 17.5 Å². The molecule has 6 heteroatoms. The lowest BCUT2D eigenvalue weighted by Gasteiger charge is -2.33. The predicted molar refractivity (Wildman–Crippen MR) is 92.2 cm³/mol. The first kappa shape index (κ1) is 18.3. The van der Waals surface area contributed by atoms with E-state index < -0.39 is 6.10 Å². The van der Waals surface area contributed by atoms with Gasteiger partial charge in [0.15, 0.2) is 6.10 Å². The number of para-hydroxylation sites is 2. The van der Waals surface area contributed by atoms with Gasteiger partial charge < -0.3 is 14.8 Å². The molecule has 6 nitrogen and oxygen atoms in total. The van der Waals surface area contributed by atoms with E-state index in [1.54, 1.807) is 6.07 Å². The van der Waals surface area contributed by atoms with Gasteiger partial charge in [-0.25, -0.2) is 0 Å². The van der Waals surface area contributed by atoms with E-state index in [0.717, 1.165) is 6.42 Å². The zero-order chi connectivity index (χ0) is 17.5. The van der Waals surface area contributed by atoms with Crippen LogP contribution >= 0.6 is 0 Å². The first-order chi connectivity index (χ1) is 11.5. The highest BCUT2D eigenvalue weighted by atomic mass is 16.5. The maximum Gasteiger partial charge on any atom is 0.268 e. The highest BCUT2D eigenvalue weighted by Gasteiger charge is 2.33. The fourth-order valence-corrected chi connectivity index (χ4v) is 2.52. The minimum absolute atomic E-state index is 0.000738. The van der Waals surface area contributed by atoms with Crippen molar-refractivity contribution < 1.29 is 19.1 Å². The third-order valence-corrected chi connectivity index (χ3v) is 3.73. The van der Waals surface area contributed by atoms with Crippen LogP contribution < -0.4 is 15.0 Å². The van der Waals surface area contributed by atoms with Crippen LogP contribution in [0.2, 0.25) is 0 Å². The molecule has 1 aliphatic rings. The minimum Gasteiger partial charge on any atom is -0.478 e. The fraction of sp³-hybridized carbons (Fsp3) is 0.556. The van der Waals surface area contributed by atoms with E-state index in [4.69, 9.17) is 9.47 Å². The van der Waals surface area contributed by atoms with Crippen LogP contribution in [0, 0.1) is 0 Å². The van der Waals surface area contributed by atoms with Crippen molar-refractivity contribution in [2.45, 2.75) is 45.8 Å². The van der Waals surface area contributed by atoms with E-state index in [0.29, 0.717) is 31.0 Å². The zero-order valence-electron chi connectivity index (χ0n) is 14.6. The molecule has 0 aromatic heterocycles. The molecule has 0 spiro atoms. The summed E-state index contributed by atoms with van der Waals surface area (Å²) in [6.07, 6.45) is 0.966. The number of fused-ring (bicyclic) bond motifs is 1. The van der Waals surface area contributed by atoms with E-state index in [9.17, 15) is 9.59 Å². The molecule has 1 aliphatic heterocycles.